The van der Waals surface area contributed by atoms with Gasteiger partial charge in [-0.2, -0.15) is 18.3 Å². The van der Waals surface area contributed by atoms with Crippen LogP contribution in [0.4, 0.5) is 19.0 Å². The van der Waals surface area contributed by atoms with Crippen molar-refractivity contribution in [3.05, 3.63) is 46.1 Å². The topological polar surface area (TPSA) is 68.2 Å². The lowest BCUT2D eigenvalue weighted by molar-refractivity contribution is -0.173. The molecule has 29 heavy (non-hydrogen) atoms. The highest BCUT2D eigenvalue weighted by Gasteiger charge is 2.47. The van der Waals surface area contributed by atoms with Crippen molar-refractivity contribution in [3.8, 4) is 0 Å². The first-order valence-corrected chi connectivity index (χ1v) is 10.2. The van der Waals surface area contributed by atoms with Gasteiger partial charge >= 0.3 is 6.18 Å². The Morgan fingerprint density at radius 2 is 2.10 bits per heavy atom. The standard InChI is InChI=1S/C19H20BrF3N4O2/c20-12-5-3-11(4-6-12)15-8-16(19(21,22)23)27-17(26-15)14(10-25-27)18(28)24-9-13-2-1-7-29-13/h3-6,10,13,15-16,26H,1-2,7-9H2,(H,24,28)/t13-,15+,16-/m1/s1. The Morgan fingerprint density at radius 1 is 1.34 bits per heavy atom. The Bertz CT molecular complexity index is 879. The molecule has 3 atom stereocenters. The van der Waals surface area contributed by atoms with Crippen LogP contribution >= 0.6 is 15.9 Å². The van der Waals surface area contributed by atoms with Crippen molar-refractivity contribution in [1.82, 2.24) is 15.1 Å². The van der Waals surface area contributed by atoms with Gasteiger partial charge in [-0.3, -0.25) is 4.79 Å². The summed E-state index contributed by atoms with van der Waals surface area (Å²) in [5.74, 6) is -0.386. The maximum absolute atomic E-state index is 13.7. The Kier molecular flexibility index (Phi) is 5.56. The third kappa shape index (κ3) is 4.28. The van der Waals surface area contributed by atoms with Gasteiger partial charge in [0.2, 0.25) is 0 Å². The summed E-state index contributed by atoms with van der Waals surface area (Å²) < 4.78 is 48.4. The number of alkyl halides is 3. The van der Waals surface area contributed by atoms with Crippen molar-refractivity contribution in [2.24, 2.45) is 0 Å². The van der Waals surface area contributed by atoms with Gasteiger partial charge in [-0.05, 0) is 30.5 Å². The predicted octanol–water partition coefficient (Wildman–Crippen LogP) is 4.21. The Balaban J connectivity index is 1.60. The molecule has 0 radical (unpaired) electrons. The number of carbonyl (C=O) groups excluding carboxylic acids is 1. The predicted molar refractivity (Wildman–Crippen MR) is 104 cm³/mol. The highest BCUT2D eigenvalue weighted by molar-refractivity contribution is 9.10. The molecule has 2 aromatic rings. The number of aromatic nitrogens is 2. The van der Waals surface area contributed by atoms with E-state index in [1.807, 2.05) is 0 Å². The van der Waals surface area contributed by atoms with E-state index in [1.165, 1.54) is 6.20 Å². The second-order valence-corrected chi connectivity index (χ2v) is 8.15. The number of hydrogen-bond acceptors (Lipinski definition) is 4. The van der Waals surface area contributed by atoms with Gasteiger partial charge in [0.25, 0.3) is 5.91 Å². The molecular formula is C19H20BrF3N4O2. The molecule has 1 fully saturated rings. The number of benzene rings is 1. The lowest BCUT2D eigenvalue weighted by Gasteiger charge is -2.34. The van der Waals surface area contributed by atoms with Gasteiger partial charge in [0.05, 0.1) is 18.3 Å². The number of fused-ring (bicyclic) bond motifs is 1. The minimum atomic E-state index is -4.48. The first kappa shape index (κ1) is 20.2. The first-order valence-electron chi connectivity index (χ1n) is 9.39. The fourth-order valence-electron chi connectivity index (χ4n) is 3.75. The van der Waals surface area contributed by atoms with Gasteiger partial charge in [-0.25, -0.2) is 4.68 Å². The molecule has 0 aliphatic carbocycles. The van der Waals surface area contributed by atoms with E-state index in [2.05, 4.69) is 31.7 Å². The lowest BCUT2D eigenvalue weighted by Crippen LogP contribution is -2.37. The quantitative estimate of drug-likeness (QED) is 0.698. The number of anilines is 1. The monoisotopic (exact) mass is 472 g/mol. The fourth-order valence-corrected chi connectivity index (χ4v) is 4.01. The number of carbonyl (C=O) groups is 1. The number of amides is 1. The Hall–Kier alpha value is -2.07. The van der Waals surface area contributed by atoms with Crippen molar-refractivity contribution < 1.29 is 22.7 Å². The van der Waals surface area contributed by atoms with Crippen molar-refractivity contribution in [2.75, 3.05) is 18.5 Å². The van der Waals surface area contributed by atoms with Crippen LogP contribution < -0.4 is 10.6 Å². The minimum absolute atomic E-state index is 0.0586. The molecule has 6 nitrogen and oxygen atoms in total. The summed E-state index contributed by atoms with van der Waals surface area (Å²) >= 11 is 3.33. The molecule has 1 saturated heterocycles. The van der Waals surface area contributed by atoms with Crippen LogP contribution in [0.5, 0.6) is 0 Å². The van der Waals surface area contributed by atoms with Crippen LogP contribution in [0.1, 0.15) is 47.3 Å². The smallest absolute Gasteiger partial charge is 0.376 e. The van der Waals surface area contributed by atoms with Gasteiger partial charge in [-0.1, -0.05) is 28.1 Å². The summed E-state index contributed by atoms with van der Waals surface area (Å²) in [4.78, 5) is 12.6. The van der Waals surface area contributed by atoms with Crippen LogP contribution in [0.2, 0.25) is 0 Å². The van der Waals surface area contributed by atoms with Crippen LogP contribution in [-0.2, 0) is 4.74 Å². The number of rotatable bonds is 4. The van der Waals surface area contributed by atoms with E-state index in [-0.39, 0.29) is 23.9 Å². The maximum atomic E-state index is 13.7. The molecule has 1 aromatic heterocycles. The van der Waals surface area contributed by atoms with Crippen molar-refractivity contribution in [1.29, 1.82) is 0 Å². The van der Waals surface area contributed by atoms with Crippen LogP contribution in [0.3, 0.4) is 0 Å². The molecule has 0 unspecified atom stereocenters. The van der Waals surface area contributed by atoms with E-state index >= 15 is 0 Å². The van der Waals surface area contributed by atoms with Gasteiger partial charge in [0.1, 0.15) is 11.4 Å². The molecule has 3 heterocycles. The molecule has 0 bridgehead atoms. The van der Waals surface area contributed by atoms with E-state index in [9.17, 15) is 18.0 Å². The maximum Gasteiger partial charge on any atom is 0.410 e. The first-order chi connectivity index (χ1) is 13.8. The number of hydrogen-bond donors (Lipinski definition) is 2. The van der Waals surface area contributed by atoms with Crippen molar-refractivity contribution >= 4 is 27.7 Å². The van der Waals surface area contributed by atoms with Crippen molar-refractivity contribution in [2.45, 2.75) is 43.6 Å². The molecule has 2 N–H and O–H groups in total. The average Bonchev–Trinajstić information content (AvgIpc) is 3.35. The van der Waals surface area contributed by atoms with Gasteiger partial charge in [-0.15, -0.1) is 0 Å². The summed E-state index contributed by atoms with van der Waals surface area (Å²) in [6.45, 7) is 0.982. The summed E-state index contributed by atoms with van der Waals surface area (Å²) in [5.41, 5.74) is 0.805. The van der Waals surface area contributed by atoms with Crippen LogP contribution in [0.15, 0.2) is 34.9 Å². The Labute approximate surface area is 173 Å². The summed E-state index contributed by atoms with van der Waals surface area (Å²) in [6, 6.07) is 4.67. The molecule has 1 aromatic carbocycles. The van der Waals surface area contributed by atoms with Crippen LogP contribution in [-0.4, -0.2) is 41.1 Å². The van der Waals surface area contributed by atoms with Crippen LogP contribution in [0.25, 0.3) is 0 Å². The molecule has 0 saturated carbocycles. The molecule has 10 heteroatoms. The molecule has 2 aliphatic heterocycles. The molecular weight excluding hydrogens is 453 g/mol. The summed E-state index contributed by atoms with van der Waals surface area (Å²) in [7, 11) is 0. The zero-order chi connectivity index (χ0) is 20.6. The molecule has 0 spiro atoms. The minimum Gasteiger partial charge on any atom is -0.376 e. The molecule has 4 rings (SSSR count). The highest BCUT2D eigenvalue weighted by atomic mass is 79.9. The van der Waals surface area contributed by atoms with E-state index in [4.69, 9.17) is 4.74 Å². The number of halogens is 4. The average molecular weight is 473 g/mol. The fraction of sp³-hybridized carbons (Fsp3) is 0.474. The van der Waals surface area contributed by atoms with E-state index in [0.29, 0.717) is 18.7 Å². The van der Waals surface area contributed by atoms with Gasteiger partial charge < -0.3 is 15.4 Å². The number of nitrogens with one attached hydrogen (secondary N) is 2. The zero-order valence-corrected chi connectivity index (χ0v) is 17.0. The van der Waals surface area contributed by atoms with E-state index in [0.717, 1.165) is 22.0 Å². The van der Waals surface area contributed by atoms with Gasteiger partial charge in [0, 0.05) is 24.0 Å². The van der Waals surface area contributed by atoms with Crippen molar-refractivity contribution in [3.63, 3.8) is 0 Å². The van der Waals surface area contributed by atoms with Gasteiger partial charge in [0.15, 0.2) is 6.04 Å². The summed E-state index contributed by atoms with van der Waals surface area (Å²) in [5, 5.41) is 9.72. The SMILES string of the molecule is O=C(NC[C@H]1CCCO1)c1cnn2c1N[C@H](c1ccc(Br)cc1)C[C@@H]2C(F)(F)F. The zero-order valence-electron chi connectivity index (χ0n) is 15.4. The third-order valence-electron chi connectivity index (χ3n) is 5.27. The van der Waals surface area contributed by atoms with Crippen LogP contribution in [0, 0.1) is 0 Å². The molecule has 1 amide bonds. The Morgan fingerprint density at radius 3 is 2.76 bits per heavy atom. The largest absolute Gasteiger partial charge is 0.410 e. The normalized spacial score (nSPS) is 24.1. The third-order valence-corrected chi connectivity index (χ3v) is 5.80. The second kappa shape index (κ2) is 7.98. The molecule has 2 aliphatic rings. The number of nitrogens with zero attached hydrogens (tertiary/aromatic N) is 2. The van der Waals surface area contributed by atoms with E-state index in [1.54, 1.807) is 24.3 Å². The molecule has 156 valence electrons. The second-order valence-electron chi connectivity index (χ2n) is 7.24. The number of ether oxygens (including phenoxy) is 1. The lowest BCUT2D eigenvalue weighted by atomic mass is 9.96. The highest BCUT2D eigenvalue weighted by Crippen LogP contribution is 2.44. The summed E-state index contributed by atoms with van der Waals surface area (Å²) in [6.07, 6.45) is -1.77. The van der Waals surface area contributed by atoms with E-state index < -0.39 is 24.2 Å².